The van der Waals surface area contributed by atoms with Gasteiger partial charge in [-0.1, -0.05) is 125 Å². The molecule has 1 aromatic carbocycles. The Morgan fingerprint density at radius 3 is 1.78 bits per heavy atom. The van der Waals surface area contributed by atoms with Gasteiger partial charge in [0.15, 0.2) is 0 Å². The van der Waals surface area contributed by atoms with E-state index in [1.165, 1.54) is 48.5 Å². The minimum Gasteiger partial charge on any atom is -0.301 e. The van der Waals surface area contributed by atoms with Gasteiger partial charge < -0.3 is 4.99 Å². The first-order chi connectivity index (χ1) is 19.0. The second-order valence-corrected chi connectivity index (χ2v) is 10.7. The largest absolute Gasteiger partial charge is 0.301 e. The fourth-order valence-corrected chi connectivity index (χ4v) is 3.05. The van der Waals surface area contributed by atoms with Gasteiger partial charge in [0.05, 0.1) is 0 Å². The Balaban J connectivity index is -0.000000230. The average Bonchev–Trinajstić information content (AvgIpc) is 2.88. The summed E-state index contributed by atoms with van der Waals surface area (Å²) in [6.07, 6.45) is 11.9. The van der Waals surface area contributed by atoms with Crippen molar-refractivity contribution < 1.29 is 4.39 Å². The maximum Gasteiger partial charge on any atom is 0.104 e. The van der Waals surface area contributed by atoms with Crippen LogP contribution in [0.1, 0.15) is 107 Å². The summed E-state index contributed by atoms with van der Waals surface area (Å²) in [4.78, 5) is 3.61. The number of allylic oxidation sites excluding steroid dienone is 10. The van der Waals surface area contributed by atoms with E-state index in [2.05, 4.69) is 90.2 Å². The maximum absolute atomic E-state index is 13.3. The monoisotopic (exact) mass is 566 g/mol. The van der Waals surface area contributed by atoms with Crippen molar-refractivity contribution >= 4 is 6.21 Å². The van der Waals surface area contributed by atoms with Crippen LogP contribution in [-0.4, -0.2) is 13.3 Å². The lowest BCUT2D eigenvalue weighted by molar-refractivity contribution is 0.509. The molecule has 0 saturated carbocycles. The smallest absolute Gasteiger partial charge is 0.104 e. The van der Waals surface area contributed by atoms with Gasteiger partial charge in [-0.2, -0.15) is 0 Å². The normalized spacial score (nSPS) is 12.0. The molecule has 2 heteroatoms. The quantitative estimate of drug-likeness (QED) is 0.160. The van der Waals surface area contributed by atoms with Gasteiger partial charge in [0, 0.05) is 12.6 Å². The van der Waals surface area contributed by atoms with Gasteiger partial charge in [0.2, 0.25) is 0 Å². The summed E-state index contributed by atoms with van der Waals surface area (Å²) in [5.41, 5.74) is 8.57. The predicted molar refractivity (Wildman–Crippen MR) is 191 cm³/mol. The Kier molecular flexibility index (Phi) is 32.9. The molecule has 1 unspecified atom stereocenters. The molecular weight excluding hydrogens is 501 g/mol. The standard InChI is InChI=1S/C14H19F.C11H14.C7H16.C4H8.C3H7N/c1-7-8-9-14(13(6)15)12(5)11(4)10(2)3;1-9(2)7-11-6-4-5-10(3)8-11;1-4-6-7(3)5-2;1-4(2)3;1-3-4-2/h7-9H,1-2H2,3-6H3;4-6,8H,1,7H2,2-3H3;7H,4-6H2,1-3H3;1H2,2-3H3;3H,1-2H3/b9-8-,12-11-,14-13-;;;;. The molecule has 232 valence electrons. The Hall–Kier alpha value is -3.00. The number of hydrogen-bond acceptors (Lipinski definition) is 1. The van der Waals surface area contributed by atoms with Crippen LogP contribution in [0.5, 0.6) is 0 Å². The van der Waals surface area contributed by atoms with Gasteiger partial charge in [0.1, 0.15) is 5.83 Å². The van der Waals surface area contributed by atoms with Crippen molar-refractivity contribution in [3.63, 3.8) is 0 Å². The second-order valence-electron chi connectivity index (χ2n) is 10.7. The molecule has 0 radical (unpaired) electrons. The van der Waals surface area contributed by atoms with E-state index >= 15 is 0 Å². The molecule has 0 saturated heterocycles. The summed E-state index contributed by atoms with van der Waals surface area (Å²) < 4.78 is 13.3. The maximum atomic E-state index is 13.3. The molecule has 0 bridgehead atoms. The number of halogens is 1. The number of aryl methyl sites for hydroxylation is 1. The first-order valence-corrected chi connectivity index (χ1v) is 14.7. The second kappa shape index (κ2) is 30.0. The van der Waals surface area contributed by atoms with Crippen LogP contribution >= 0.6 is 0 Å². The molecule has 0 amide bonds. The lowest BCUT2D eigenvalue weighted by Crippen LogP contribution is -1.90. The SMILES string of the molecule is C=C(C)C.C=C(C)Cc1cccc(C)c1.C=C\C=C/C(=C(\C)F)C(/C)=C(/C)C(=C)C.CC=NC.CCCC(C)CC. The zero-order valence-corrected chi connectivity index (χ0v) is 29.2. The van der Waals surface area contributed by atoms with Gasteiger partial charge in [-0.05, 0) is 97.6 Å². The highest BCUT2D eigenvalue weighted by atomic mass is 19.1. The average molecular weight is 566 g/mol. The van der Waals surface area contributed by atoms with Gasteiger partial charge in [-0.3, -0.25) is 0 Å². The minimum atomic E-state index is -0.189. The van der Waals surface area contributed by atoms with Crippen molar-refractivity contribution in [2.24, 2.45) is 10.9 Å². The van der Waals surface area contributed by atoms with Crippen LogP contribution in [0.3, 0.4) is 0 Å². The number of hydrogen-bond donors (Lipinski definition) is 0. The van der Waals surface area contributed by atoms with Crippen LogP contribution < -0.4 is 0 Å². The number of nitrogens with zero attached hydrogens (tertiary/aromatic N) is 1. The van der Waals surface area contributed by atoms with E-state index in [9.17, 15) is 4.39 Å². The van der Waals surface area contributed by atoms with Crippen LogP contribution in [0, 0.1) is 12.8 Å². The Morgan fingerprint density at radius 2 is 1.49 bits per heavy atom. The fourth-order valence-electron chi connectivity index (χ4n) is 3.05. The van der Waals surface area contributed by atoms with Crippen LogP contribution in [0.15, 0.2) is 113 Å². The molecule has 0 N–H and O–H groups in total. The number of rotatable bonds is 9. The van der Waals surface area contributed by atoms with Crippen molar-refractivity contribution in [1.82, 2.24) is 0 Å². The Bertz CT molecular complexity index is 986. The van der Waals surface area contributed by atoms with Gasteiger partial charge in [-0.15, -0.1) is 6.58 Å². The molecule has 41 heavy (non-hydrogen) atoms. The molecule has 1 nitrogen and oxygen atoms in total. The molecule has 0 aromatic heterocycles. The van der Waals surface area contributed by atoms with E-state index in [1.54, 1.807) is 31.5 Å². The molecule has 0 heterocycles. The van der Waals surface area contributed by atoms with Crippen molar-refractivity contribution in [2.45, 2.75) is 109 Å². The van der Waals surface area contributed by atoms with E-state index in [0.717, 1.165) is 29.1 Å². The summed E-state index contributed by atoms with van der Waals surface area (Å²) in [5, 5.41) is 0. The zero-order chi connectivity index (χ0) is 33.0. The Morgan fingerprint density at radius 1 is 0.976 bits per heavy atom. The lowest BCUT2D eigenvalue weighted by Gasteiger charge is -2.09. The number of aliphatic imine (C=N–C) groups is 1. The third-order valence-corrected chi connectivity index (χ3v) is 5.70. The zero-order valence-electron chi connectivity index (χ0n) is 29.2. The molecule has 0 aliphatic rings. The molecule has 1 rings (SSSR count). The van der Waals surface area contributed by atoms with Crippen LogP contribution in [0.25, 0.3) is 0 Å². The molecule has 0 spiro atoms. The van der Waals surface area contributed by atoms with Crippen LogP contribution in [-0.2, 0) is 6.42 Å². The molecular formula is C39H64FN. The van der Waals surface area contributed by atoms with E-state index in [1.807, 2.05) is 41.5 Å². The molecule has 0 fully saturated rings. The van der Waals surface area contributed by atoms with Crippen LogP contribution in [0.4, 0.5) is 4.39 Å². The topological polar surface area (TPSA) is 12.4 Å². The summed E-state index contributed by atoms with van der Waals surface area (Å²) in [7, 11) is 1.75. The number of benzene rings is 1. The summed E-state index contributed by atoms with van der Waals surface area (Å²) in [6, 6.07) is 8.55. The summed E-state index contributed by atoms with van der Waals surface area (Å²) in [6.45, 7) is 38.9. The van der Waals surface area contributed by atoms with Crippen LogP contribution in [0.2, 0.25) is 0 Å². The van der Waals surface area contributed by atoms with Crippen molar-refractivity contribution in [3.05, 3.63) is 119 Å². The van der Waals surface area contributed by atoms with E-state index < -0.39 is 0 Å². The first-order valence-electron chi connectivity index (χ1n) is 14.7. The minimum absolute atomic E-state index is 0.189. The van der Waals surface area contributed by atoms with E-state index in [0.29, 0.717) is 5.57 Å². The third kappa shape index (κ3) is 33.1. The van der Waals surface area contributed by atoms with Gasteiger partial charge >= 0.3 is 0 Å². The predicted octanol–water partition coefficient (Wildman–Crippen LogP) is 13.1. The highest BCUT2D eigenvalue weighted by Crippen LogP contribution is 2.23. The van der Waals surface area contributed by atoms with E-state index in [4.69, 9.17) is 0 Å². The highest BCUT2D eigenvalue weighted by molar-refractivity contribution is 5.52. The molecule has 0 aliphatic heterocycles. The van der Waals surface area contributed by atoms with Crippen molar-refractivity contribution in [1.29, 1.82) is 0 Å². The fraction of sp³-hybridized carbons (Fsp3) is 0.462. The molecule has 0 aliphatic carbocycles. The molecule has 1 aromatic rings. The lowest BCUT2D eigenvalue weighted by atomic mass is 9.97. The van der Waals surface area contributed by atoms with Gasteiger partial charge in [-0.25, -0.2) is 4.39 Å². The first kappa shape index (κ1) is 45.0. The van der Waals surface area contributed by atoms with E-state index in [-0.39, 0.29) is 5.83 Å². The highest BCUT2D eigenvalue weighted by Gasteiger charge is 2.05. The van der Waals surface area contributed by atoms with Gasteiger partial charge in [0.25, 0.3) is 0 Å². The third-order valence-electron chi connectivity index (χ3n) is 5.70. The molecule has 1 atom stereocenters. The Labute approximate surface area is 256 Å². The van der Waals surface area contributed by atoms with Crippen molar-refractivity contribution in [3.8, 4) is 0 Å². The summed E-state index contributed by atoms with van der Waals surface area (Å²) >= 11 is 0. The summed E-state index contributed by atoms with van der Waals surface area (Å²) in [5.74, 6) is 0.760. The van der Waals surface area contributed by atoms with Crippen molar-refractivity contribution in [2.75, 3.05) is 7.05 Å².